The molecule has 9 nitrogen and oxygen atoms in total. The molecule has 228 valence electrons. The zero-order chi connectivity index (χ0) is 30.9. The number of benzene rings is 2. The standard InChI is InChI=1S/C31H35N5O4S.C2H6/c1-34(31(39)26-20-25(33-35(26)2)29-27(40-3)13-17-41-29)16-12-24(30(38)36-14-6-7-15-36)32-28(37)19-21-10-11-22-8-4-5-9-23(22)18-21;1-2/h4-5,8-11,13,17-18,20,24H,6-7,12,14-16,19H2,1-3H3,(H,32,37);1-2H3. The van der Waals surface area contributed by atoms with E-state index in [1.807, 2.05) is 72.7 Å². The fourth-order valence-corrected chi connectivity index (χ4v) is 6.05. The number of likely N-dealkylation sites (tertiary alicyclic amines) is 1. The summed E-state index contributed by atoms with van der Waals surface area (Å²) >= 11 is 1.50. The lowest BCUT2D eigenvalue weighted by atomic mass is 10.0. The summed E-state index contributed by atoms with van der Waals surface area (Å²) in [5.74, 6) is 0.190. The van der Waals surface area contributed by atoms with Gasteiger partial charge >= 0.3 is 0 Å². The minimum atomic E-state index is -0.714. The second-order valence-corrected chi connectivity index (χ2v) is 11.3. The molecule has 10 heteroatoms. The van der Waals surface area contributed by atoms with E-state index in [1.165, 1.54) is 11.3 Å². The van der Waals surface area contributed by atoms with E-state index in [9.17, 15) is 14.4 Å². The van der Waals surface area contributed by atoms with Crippen LogP contribution in [0, 0.1) is 0 Å². The van der Waals surface area contributed by atoms with E-state index in [-0.39, 0.29) is 24.1 Å². The highest BCUT2D eigenvalue weighted by molar-refractivity contribution is 7.14. The van der Waals surface area contributed by atoms with Gasteiger partial charge in [0.15, 0.2) is 0 Å². The maximum atomic E-state index is 13.4. The third kappa shape index (κ3) is 7.62. The number of nitrogens with zero attached hydrogens (tertiary/aromatic N) is 4. The van der Waals surface area contributed by atoms with E-state index in [0.717, 1.165) is 34.1 Å². The number of aryl methyl sites for hydroxylation is 1. The Morgan fingerprint density at radius 3 is 2.49 bits per heavy atom. The minimum Gasteiger partial charge on any atom is -0.495 e. The Morgan fingerprint density at radius 2 is 1.77 bits per heavy atom. The van der Waals surface area contributed by atoms with Crippen molar-refractivity contribution in [1.29, 1.82) is 0 Å². The van der Waals surface area contributed by atoms with Gasteiger partial charge in [0.05, 0.1) is 18.4 Å². The van der Waals surface area contributed by atoms with Crippen LogP contribution in [0.3, 0.4) is 0 Å². The van der Waals surface area contributed by atoms with Crippen molar-refractivity contribution in [3.05, 3.63) is 71.2 Å². The van der Waals surface area contributed by atoms with Crippen LogP contribution in [0.2, 0.25) is 0 Å². The number of hydrogen-bond donors (Lipinski definition) is 1. The maximum absolute atomic E-state index is 13.4. The summed E-state index contributed by atoms with van der Waals surface area (Å²) in [6, 6.07) is 16.9. The van der Waals surface area contributed by atoms with Gasteiger partial charge in [-0.25, -0.2) is 0 Å². The van der Waals surface area contributed by atoms with Crippen molar-refractivity contribution in [2.24, 2.45) is 7.05 Å². The van der Waals surface area contributed by atoms with E-state index in [0.29, 0.717) is 43.2 Å². The normalized spacial score (nSPS) is 13.3. The van der Waals surface area contributed by atoms with Crippen LogP contribution in [-0.2, 0) is 23.1 Å². The smallest absolute Gasteiger partial charge is 0.271 e. The highest BCUT2D eigenvalue weighted by Crippen LogP contribution is 2.34. The molecule has 0 spiro atoms. The van der Waals surface area contributed by atoms with Gasteiger partial charge < -0.3 is 19.9 Å². The number of methoxy groups -OCH3 is 1. The van der Waals surface area contributed by atoms with Crippen molar-refractivity contribution in [1.82, 2.24) is 24.9 Å². The quantitative estimate of drug-likeness (QED) is 0.271. The van der Waals surface area contributed by atoms with E-state index < -0.39 is 6.04 Å². The Labute approximate surface area is 257 Å². The number of thiophene rings is 1. The van der Waals surface area contributed by atoms with Crippen LogP contribution >= 0.6 is 11.3 Å². The van der Waals surface area contributed by atoms with Crippen molar-refractivity contribution in [2.75, 3.05) is 33.8 Å². The molecule has 0 saturated carbocycles. The molecular weight excluding hydrogens is 562 g/mol. The molecule has 1 aliphatic heterocycles. The van der Waals surface area contributed by atoms with Gasteiger partial charge in [-0.15, -0.1) is 11.3 Å². The van der Waals surface area contributed by atoms with Gasteiger partial charge in [0, 0.05) is 33.7 Å². The lowest BCUT2D eigenvalue weighted by Crippen LogP contribution is -2.49. The zero-order valence-electron chi connectivity index (χ0n) is 25.6. The topological polar surface area (TPSA) is 96.8 Å². The number of rotatable bonds is 10. The predicted octanol–water partition coefficient (Wildman–Crippen LogP) is 5.15. The largest absolute Gasteiger partial charge is 0.495 e. The number of carbonyl (C=O) groups excluding carboxylic acids is 3. The monoisotopic (exact) mass is 603 g/mol. The molecule has 1 fully saturated rings. The molecule has 4 aromatic rings. The summed E-state index contributed by atoms with van der Waals surface area (Å²) < 4.78 is 6.97. The van der Waals surface area contributed by atoms with Crippen LogP contribution in [0.4, 0.5) is 0 Å². The lowest BCUT2D eigenvalue weighted by molar-refractivity contribution is -0.135. The molecule has 0 radical (unpaired) electrons. The number of nitrogens with one attached hydrogen (secondary N) is 1. The minimum absolute atomic E-state index is 0.0946. The first-order chi connectivity index (χ1) is 20.8. The third-order valence-electron chi connectivity index (χ3n) is 7.51. The molecule has 2 aromatic carbocycles. The van der Waals surface area contributed by atoms with E-state index in [2.05, 4.69) is 10.4 Å². The van der Waals surface area contributed by atoms with Crippen LogP contribution < -0.4 is 10.1 Å². The molecule has 1 saturated heterocycles. The second-order valence-electron chi connectivity index (χ2n) is 10.4. The predicted molar refractivity (Wildman–Crippen MR) is 171 cm³/mol. The number of aromatic nitrogens is 2. The summed E-state index contributed by atoms with van der Waals surface area (Å²) in [7, 11) is 5.04. The molecule has 0 aliphatic carbocycles. The Kier molecular flexibility index (Phi) is 10.9. The van der Waals surface area contributed by atoms with Crippen LogP contribution in [-0.4, -0.2) is 77.1 Å². The lowest BCUT2D eigenvalue weighted by Gasteiger charge is -2.26. The first-order valence-corrected chi connectivity index (χ1v) is 15.7. The molecule has 3 heterocycles. The molecule has 43 heavy (non-hydrogen) atoms. The molecule has 1 N–H and O–H groups in total. The Hall–Kier alpha value is -4.18. The highest BCUT2D eigenvalue weighted by Gasteiger charge is 2.29. The number of amides is 3. The molecule has 2 aromatic heterocycles. The van der Waals surface area contributed by atoms with Gasteiger partial charge in [-0.05, 0) is 53.1 Å². The van der Waals surface area contributed by atoms with E-state index >= 15 is 0 Å². The van der Waals surface area contributed by atoms with Crippen molar-refractivity contribution in [2.45, 2.75) is 45.6 Å². The molecule has 1 aliphatic rings. The summed E-state index contributed by atoms with van der Waals surface area (Å²) in [5.41, 5.74) is 1.98. The summed E-state index contributed by atoms with van der Waals surface area (Å²) in [5, 5.41) is 11.6. The maximum Gasteiger partial charge on any atom is 0.271 e. The van der Waals surface area contributed by atoms with Gasteiger partial charge in [0.25, 0.3) is 5.91 Å². The van der Waals surface area contributed by atoms with Gasteiger partial charge in [0.1, 0.15) is 23.2 Å². The van der Waals surface area contributed by atoms with Gasteiger partial charge in [0.2, 0.25) is 11.8 Å². The summed E-state index contributed by atoms with van der Waals surface area (Å²) in [4.78, 5) is 44.1. The van der Waals surface area contributed by atoms with Gasteiger partial charge in [-0.3, -0.25) is 19.1 Å². The fourth-order valence-electron chi connectivity index (χ4n) is 5.24. The molecule has 1 unspecified atom stereocenters. The molecular formula is C33H41N5O4S. The van der Waals surface area contributed by atoms with E-state index in [4.69, 9.17) is 4.74 Å². The fraction of sp³-hybridized carbons (Fsp3) is 0.394. The number of hydrogen-bond acceptors (Lipinski definition) is 6. The highest BCUT2D eigenvalue weighted by atomic mass is 32.1. The second kappa shape index (κ2) is 14.8. The summed E-state index contributed by atoms with van der Waals surface area (Å²) in [6.45, 7) is 5.67. The molecule has 0 bridgehead atoms. The van der Waals surface area contributed by atoms with Crippen LogP contribution in [0.15, 0.2) is 60.0 Å². The molecule has 1 atom stereocenters. The summed E-state index contributed by atoms with van der Waals surface area (Å²) in [6.07, 6.45) is 2.40. The third-order valence-corrected chi connectivity index (χ3v) is 8.43. The van der Waals surface area contributed by atoms with Crippen molar-refractivity contribution in [3.8, 4) is 16.3 Å². The Morgan fingerprint density at radius 1 is 1.05 bits per heavy atom. The molecule has 5 rings (SSSR count). The van der Waals surface area contributed by atoms with Gasteiger partial charge in [-0.2, -0.15) is 5.10 Å². The average Bonchev–Trinajstić information content (AvgIpc) is 3.80. The van der Waals surface area contributed by atoms with Crippen LogP contribution in [0.5, 0.6) is 5.75 Å². The Bertz CT molecular complexity index is 1560. The van der Waals surface area contributed by atoms with Crippen LogP contribution in [0.1, 0.15) is 49.2 Å². The molecule has 3 amide bonds. The first kappa shape index (κ1) is 31.7. The van der Waals surface area contributed by atoms with Crippen LogP contribution in [0.25, 0.3) is 21.3 Å². The number of fused-ring (bicyclic) bond motifs is 1. The van der Waals surface area contributed by atoms with E-state index in [1.54, 1.807) is 36.9 Å². The number of ether oxygens (including phenoxy) is 1. The average molecular weight is 604 g/mol. The Balaban J connectivity index is 0.00000207. The van der Waals surface area contributed by atoms with Crippen molar-refractivity contribution in [3.63, 3.8) is 0 Å². The van der Waals surface area contributed by atoms with Gasteiger partial charge in [-0.1, -0.05) is 56.3 Å². The van der Waals surface area contributed by atoms with Crippen molar-refractivity contribution >= 4 is 39.8 Å². The SMILES string of the molecule is CC.COc1ccsc1-c1cc(C(=O)N(C)CCC(NC(=O)Cc2ccc3ccccc3c2)C(=O)N2CCCC2)n(C)n1. The van der Waals surface area contributed by atoms with Crippen molar-refractivity contribution < 1.29 is 19.1 Å². The first-order valence-electron chi connectivity index (χ1n) is 14.8. The number of carbonyl (C=O) groups is 3. The zero-order valence-corrected chi connectivity index (χ0v) is 26.4.